The maximum atomic E-state index is 12.3. The normalized spacial score (nSPS) is 15.7. The van der Waals surface area contributed by atoms with Crippen molar-refractivity contribution in [3.05, 3.63) is 29.5 Å². The standard InChI is InChI=1S/C14H19N5O/c1-9-7-17-19(11-5-3-4-6-11)13(9)18-14(20)12-10(2)15-8-16-12/h7-8,11H,3-6H2,1-2H3,(H,15,16)(H,18,20). The lowest BCUT2D eigenvalue weighted by atomic mass is 10.2. The van der Waals surface area contributed by atoms with Crippen LogP contribution in [0.25, 0.3) is 0 Å². The molecule has 0 aromatic carbocycles. The second kappa shape index (κ2) is 5.11. The minimum Gasteiger partial charge on any atom is -0.348 e. The number of hydrogen-bond donors (Lipinski definition) is 2. The Morgan fingerprint density at radius 3 is 2.80 bits per heavy atom. The fraction of sp³-hybridized carbons (Fsp3) is 0.500. The summed E-state index contributed by atoms with van der Waals surface area (Å²) in [7, 11) is 0. The van der Waals surface area contributed by atoms with Crippen molar-refractivity contribution in [3.63, 3.8) is 0 Å². The average molecular weight is 273 g/mol. The van der Waals surface area contributed by atoms with Crippen LogP contribution in [0.1, 0.15) is 53.5 Å². The highest BCUT2D eigenvalue weighted by Crippen LogP contribution is 2.32. The molecule has 106 valence electrons. The zero-order chi connectivity index (χ0) is 14.1. The molecule has 6 nitrogen and oxygen atoms in total. The zero-order valence-corrected chi connectivity index (χ0v) is 11.8. The predicted molar refractivity (Wildman–Crippen MR) is 75.7 cm³/mol. The molecule has 1 aliphatic carbocycles. The molecular weight excluding hydrogens is 254 g/mol. The Hall–Kier alpha value is -2.11. The fourth-order valence-corrected chi connectivity index (χ4v) is 2.78. The SMILES string of the molecule is Cc1cnn(C2CCCC2)c1NC(=O)c1nc[nH]c1C. The summed E-state index contributed by atoms with van der Waals surface area (Å²) < 4.78 is 1.96. The van der Waals surface area contributed by atoms with Gasteiger partial charge < -0.3 is 10.3 Å². The van der Waals surface area contributed by atoms with Gasteiger partial charge in [-0.05, 0) is 26.7 Å². The van der Waals surface area contributed by atoms with E-state index in [2.05, 4.69) is 20.4 Å². The van der Waals surface area contributed by atoms with Crippen molar-refractivity contribution in [2.45, 2.75) is 45.6 Å². The molecule has 2 N–H and O–H groups in total. The van der Waals surface area contributed by atoms with E-state index >= 15 is 0 Å². The topological polar surface area (TPSA) is 75.6 Å². The van der Waals surface area contributed by atoms with Crippen LogP contribution in [0.2, 0.25) is 0 Å². The van der Waals surface area contributed by atoms with Crippen molar-refractivity contribution < 1.29 is 4.79 Å². The van der Waals surface area contributed by atoms with E-state index in [1.54, 1.807) is 0 Å². The molecule has 0 aliphatic heterocycles. The Balaban J connectivity index is 1.85. The first kappa shape index (κ1) is 12.9. The molecule has 0 radical (unpaired) electrons. The van der Waals surface area contributed by atoms with Crippen molar-refractivity contribution in [1.29, 1.82) is 0 Å². The lowest BCUT2D eigenvalue weighted by Crippen LogP contribution is -2.19. The number of carbonyl (C=O) groups excluding carboxylic acids is 1. The van der Waals surface area contributed by atoms with Gasteiger partial charge in [0.25, 0.3) is 5.91 Å². The van der Waals surface area contributed by atoms with Gasteiger partial charge in [-0.15, -0.1) is 0 Å². The highest BCUT2D eigenvalue weighted by Gasteiger charge is 2.23. The van der Waals surface area contributed by atoms with Gasteiger partial charge in [0.1, 0.15) is 11.5 Å². The summed E-state index contributed by atoms with van der Waals surface area (Å²) in [6.07, 6.45) is 8.07. The second-order valence-electron chi connectivity index (χ2n) is 5.39. The van der Waals surface area contributed by atoms with E-state index in [-0.39, 0.29) is 5.91 Å². The number of aromatic amines is 1. The molecule has 0 saturated heterocycles. The Kier molecular flexibility index (Phi) is 3.30. The van der Waals surface area contributed by atoms with Crippen LogP contribution in [0.15, 0.2) is 12.5 Å². The number of H-pyrrole nitrogens is 1. The number of hydrogen-bond acceptors (Lipinski definition) is 3. The molecule has 2 aromatic heterocycles. The first-order chi connectivity index (χ1) is 9.66. The fourth-order valence-electron chi connectivity index (χ4n) is 2.78. The third-order valence-electron chi connectivity index (χ3n) is 3.93. The number of rotatable bonds is 3. The van der Waals surface area contributed by atoms with E-state index in [1.807, 2.05) is 24.7 Å². The van der Waals surface area contributed by atoms with Crippen LogP contribution in [0.3, 0.4) is 0 Å². The zero-order valence-electron chi connectivity index (χ0n) is 11.8. The summed E-state index contributed by atoms with van der Waals surface area (Å²) in [5.41, 5.74) is 2.19. The molecule has 2 heterocycles. The summed E-state index contributed by atoms with van der Waals surface area (Å²) in [5, 5.41) is 7.39. The number of nitrogens with one attached hydrogen (secondary N) is 2. The van der Waals surface area contributed by atoms with E-state index in [0.717, 1.165) is 29.9 Å². The van der Waals surface area contributed by atoms with E-state index in [4.69, 9.17) is 0 Å². The van der Waals surface area contributed by atoms with E-state index in [0.29, 0.717) is 11.7 Å². The Labute approximate surface area is 117 Å². The number of aromatic nitrogens is 4. The minimum atomic E-state index is -0.188. The molecule has 0 bridgehead atoms. The maximum absolute atomic E-state index is 12.3. The number of aryl methyl sites for hydroxylation is 2. The lowest BCUT2D eigenvalue weighted by molar-refractivity contribution is 0.102. The van der Waals surface area contributed by atoms with Crippen LogP contribution >= 0.6 is 0 Å². The van der Waals surface area contributed by atoms with Gasteiger partial charge in [-0.25, -0.2) is 9.67 Å². The highest BCUT2D eigenvalue weighted by molar-refractivity contribution is 6.03. The Morgan fingerprint density at radius 2 is 2.15 bits per heavy atom. The van der Waals surface area contributed by atoms with E-state index in [1.165, 1.54) is 19.2 Å². The van der Waals surface area contributed by atoms with Crippen molar-refractivity contribution >= 4 is 11.7 Å². The molecule has 0 unspecified atom stereocenters. The first-order valence-corrected chi connectivity index (χ1v) is 7.02. The summed E-state index contributed by atoms with van der Waals surface area (Å²) in [6.45, 7) is 3.80. The van der Waals surface area contributed by atoms with Crippen LogP contribution in [0.5, 0.6) is 0 Å². The first-order valence-electron chi connectivity index (χ1n) is 7.02. The largest absolute Gasteiger partial charge is 0.348 e. The molecule has 1 aliphatic rings. The monoisotopic (exact) mass is 273 g/mol. The van der Waals surface area contributed by atoms with Gasteiger partial charge in [-0.3, -0.25) is 4.79 Å². The second-order valence-corrected chi connectivity index (χ2v) is 5.39. The number of nitrogens with zero attached hydrogens (tertiary/aromatic N) is 3. The molecule has 1 fully saturated rings. The molecule has 1 amide bonds. The van der Waals surface area contributed by atoms with Gasteiger partial charge in [0.05, 0.1) is 18.6 Å². The van der Waals surface area contributed by atoms with E-state index in [9.17, 15) is 4.79 Å². The van der Waals surface area contributed by atoms with Gasteiger partial charge in [-0.2, -0.15) is 5.10 Å². The van der Waals surface area contributed by atoms with E-state index < -0.39 is 0 Å². The van der Waals surface area contributed by atoms with Gasteiger partial charge in [0.15, 0.2) is 0 Å². The van der Waals surface area contributed by atoms with Gasteiger partial charge in [0, 0.05) is 11.3 Å². The van der Waals surface area contributed by atoms with Crippen LogP contribution in [-0.2, 0) is 0 Å². The van der Waals surface area contributed by atoms with Crippen LogP contribution in [-0.4, -0.2) is 25.7 Å². The van der Waals surface area contributed by atoms with Crippen molar-refractivity contribution in [1.82, 2.24) is 19.7 Å². The maximum Gasteiger partial charge on any atom is 0.277 e. The number of amides is 1. The van der Waals surface area contributed by atoms with Gasteiger partial charge >= 0.3 is 0 Å². The highest BCUT2D eigenvalue weighted by atomic mass is 16.2. The number of imidazole rings is 1. The third kappa shape index (κ3) is 2.21. The molecule has 1 saturated carbocycles. The van der Waals surface area contributed by atoms with Crippen molar-refractivity contribution in [2.75, 3.05) is 5.32 Å². The summed E-state index contributed by atoms with van der Waals surface area (Å²) in [6, 6.07) is 0.402. The Morgan fingerprint density at radius 1 is 1.40 bits per heavy atom. The summed E-state index contributed by atoms with van der Waals surface area (Å²) in [4.78, 5) is 19.3. The smallest absolute Gasteiger partial charge is 0.277 e. The van der Waals surface area contributed by atoms with Crippen molar-refractivity contribution in [2.24, 2.45) is 0 Å². The Bertz CT molecular complexity index is 621. The number of carbonyl (C=O) groups is 1. The molecule has 20 heavy (non-hydrogen) atoms. The van der Waals surface area contributed by atoms with Crippen LogP contribution < -0.4 is 5.32 Å². The number of anilines is 1. The minimum absolute atomic E-state index is 0.188. The summed E-state index contributed by atoms with van der Waals surface area (Å²) >= 11 is 0. The molecule has 0 spiro atoms. The molecule has 6 heteroatoms. The van der Waals surface area contributed by atoms with Crippen LogP contribution in [0, 0.1) is 13.8 Å². The van der Waals surface area contributed by atoms with Crippen LogP contribution in [0.4, 0.5) is 5.82 Å². The molecule has 2 aromatic rings. The van der Waals surface area contributed by atoms with Gasteiger partial charge in [-0.1, -0.05) is 12.8 Å². The summed E-state index contributed by atoms with van der Waals surface area (Å²) in [5.74, 6) is 0.607. The third-order valence-corrected chi connectivity index (χ3v) is 3.93. The molecular formula is C14H19N5O. The molecule has 3 rings (SSSR count). The quantitative estimate of drug-likeness (QED) is 0.902. The van der Waals surface area contributed by atoms with Crippen molar-refractivity contribution in [3.8, 4) is 0 Å². The average Bonchev–Trinajstić information content (AvgIpc) is 3.12. The predicted octanol–water partition coefficient (Wildman–Crippen LogP) is 2.59. The lowest BCUT2D eigenvalue weighted by Gasteiger charge is -2.15. The van der Waals surface area contributed by atoms with Gasteiger partial charge in [0.2, 0.25) is 0 Å². The molecule has 0 atom stereocenters.